The molecular formula is C17H14ClF2NO3. The summed E-state index contributed by atoms with van der Waals surface area (Å²) in [5.74, 6) is 0.209. The maximum Gasteiger partial charge on any atom is 0.387 e. The number of fused-ring (bicyclic) bond motifs is 1. The second-order valence-electron chi connectivity index (χ2n) is 5.36. The van der Waals surface area contributed by atoms with Crippen molar-refractivity contribution in [3.05, 3.63) is 53.1 Å². The predicted molar refractivity (Wildman–Crippen MR) is 85.8 cm³/mol. The smallest absolute Gasteiger partial charge is 0.387 e. The summed E-state index contributed by atoms with van der Waals surface area (Å²) < 4.78 is 34.1. The molecule has 2 aromatic rings. The van der Waals surface area contributed by atoms with Crippen molar-refractivity contribution in [2.75, 3.05) is 11.9 Å². The van der Waals surface area contributed by atoms with Gasteiger partial charge in [-0.1, -0.05) is 11.6 Å². The lowest BCUT2D eigenvalue weighted by Crippen LogP contribution is -2.32. The molecule has 0 spiro atoms. The first-order valence-corrected chi connectivity index (χ1v) is 7.66. The molecule has 1 aliphatic heterocycles. The number of halogens is 3. The average molecular weight is 354 g/mol. The zero-order valence-corrected chi connectivity index (χ0v) is 13.2. The van der Waals surface area contributed by atoms with Crippen LogP contribution < -0.4 is 14.8 Å². The zero-order chi connectivity index (χ0) is 17.1. The number of benzene rings is 2. The summed E-state index contributed by atoms with van der Waals surface area (Å²) in [4.78, 5) is 12.3. The molecular weight excluding hydrogens is 340 g/mol. The minimum Gasteiger partial charge on any atom is -0.492 e. The summed E-state index contributed by atoms with van der Waals surface area (Å²) in [6.45, 7) is -2.61. The molecule has 3 rings (SSSR count). The van der Waals surface area contributed by atoms with E-state index in [4.69, 9.17) is 16.3 Å². The van der Waals surface area contributed by atoms with Gasteiger partial charge >= 0.3 is 6.61 Å². The van der Waals surface area contributed by atoms with Crippen LogP contribution in [0.2, 0.25) is 5.02 Å². The van der Waals surface area contributed by atoms with Crippen LogP contribution in [-0.4, -0.2) is 19.1 Å². The maximum atomic E-state index is 12.3. The minimum atomic E-state index is -2.88. The van der Waals surface area contributed by atoms with E-state index in [1.807, 2.05) is 0 Å². The summed E-state index contributed by atoms with van der Waals surface area (Å²) >= 11 is 5.96. The summed E-state index contributed by atoms with van der Waals surface area (Å²) in [5.41, 5.74) is 1.38. The molecule has 1 amide bonds. The Balaban J connectivity index is 1.63. The van der Waals surface area contributed by atoms with E-state index in [1.54, 1.807) is 18.2 Å². The molecule has 0 saturated heterocycles. The van der Waals surface area contributed by atoms with Crippen molar-refractivity contribution in [3.63, 3.8) is 0 Å². The SMILES string of the molecule is O=C(Nc1ccc(OC(F)F)cc1)[C@@H]1COc2ccc(Cl)cc2C1. The molecule has 1 N–H and O–H groups in total. The predicted octanol–water partition coefficient (Wildman–Crippen LogP) is 4.13. The lowest BCUT2D eigenvalue weighted by Gasteiger charge is -2.24. The molecule has 2 aromatic carbocycles. The van der Waals surface area contributed by atoms with Crippen molar-refractivity contribution < 1.29 is 23.0 Å². The molecule has 0 aliphatic carbocycles. The molecule has 7 heteroatoms. The highest BCUT2D eigenvalue weighted by Crippen LogP contribution is 2.30. The van der Waals surface area contributed by atoms with Crippen LogP contribution in [0.4, 0.5) is 14.5 Å². The van der Waals surface area contributed by atoms with E-state index in [0.717, 1.165) is 11.3 Å². The summed E-state index contributed by atoms with van der Waals surface area (Å²) in [6.07, 6.45) is 0.522. The molecule has 1 aliphatic rings. The van der Waals surface area contributed by atoms with E-state index in [-0.39, 0.29) is 24.2 Å². The molecule has 0 fully saturated rings. The fourth-order valence-electron chi connectivity index (χ4n) is 2.50. The van der Waals surface area contributed by atoms with Gasteiger partial charge in [-0.3, -0.25) is 4.79 Å². The summed E-state index contributed by atoms with van der Waals surface area (Å²) in [5, 5.41) is 3.33. The van der Waals surface area contributed by atoms with Crippen LogP contribution >= 0.6 is 11.6 Å². The number of hydrogen-bond acceptors (Lipinski definition) is 3. The highest BCUT2D eigenvalue weighted by molar-refractivity contribution is 6.30. The van der Waals surface area contributed by atoms with E-state index in [0.29, 0.717) is 17.1 Å². The number of carbonyl (C=O) groups excluding carboxylic acids is 1. The van der Waals surface area contributed by atoms with Crippen molar-refractivity contribution in [1.29, 1.82) is 0 Å². The molecule has 0 bridgehead atoms. The fraction of sp³-hybridized carbons (Fsp3) is 0.235. The lowest BCUT2D eigenvalue weighted by molar-refractivity contribution is -0.121. The van der Waals surface area contributed by atoms with Gasteiger partial charge in [0.1, 0.15) is 18.1 Å². The van der Waals surface area contributed by atoms with E-state index in [1.165, 1.54) is 24.3 Å². The Morgan fingerprint density at radius 3 is 2.71 bits per heavy atom. The molecule has 0 radical (unpaired) electrons. The molecule has 126 valence electrons. The number of hydrogen-bond donors (Lipinski definition) is 1. The Kier molecular flexibility index (Phi) is 4.85. The second-order valence-corrected chi connectivity index (χ2v) is 5.79. The fourth-order valence-corrected chi connectivity index (χ4v) is 2.69. The quantitative estimate of drug-likeness (QED) is 0.899. The monoisotopic (exact) mass is 353 g/mol. The van der Waals surface area contributed by atoms with Crippen molar-refractivity contribution in [3.8, 4) is 11.5 Å². The van der Waals surface area contributed by atoms with Crippen LogP contribution in [-0.2, 0) is 11.2 Å². The van der Waals surface area contributed by atoms with Gasteiger partial charge in [-0.15, -0.1) is 0 Å². The molecule has 0 unspecified atom stereocenters. The highest BCUT2D eigenvalue weighted by atomic mass is 35.5. The first-order chi connectivity index (χ1) is 11.5. The topological polar surface area (TPSA) is 47.6 Å². The number of amides is 1. The van der Waals surface area contributed by atoms with Crippen LogP contribution in [0.1, 0.15) is 5.56 Å². The van der Waals surface area contributed by atoms with Crippen LogP contribution in [0.5, 0.6) is 11.5 Å². The van der Waals surface area contributed by atoms with Crippen molar-refractivity contribution in [2.24, 2.45) is 5.92 Å². The third-order valence-corrected chi connectivity index (χ3v) is 3.88. The van der Waals surface area contributed by atoms with Crippen LogP contribution in [0.15, 0.2) is 42.5 Å². The number of rotatable bonds is 4. The van der Waals surface area contributed by atoms with Gasteiger partial charge in [-0.2, -0.15) is 8.78 Å². The van der Waals surface area contributed by atoms with E-state index >= 15 is 0 Å². The third kappa shape index (κ3) is 3.94. The van der Waals surface area contributed by atoms with Gasteiger partial charge in [-0.05, 0) is 54.4 Å². The Labute approximate surface area is 142 Å². The maximum absolute atomic E-state index is 12.3. The van der Waals surface area contributed by atoms with Gasteiger partial charge in [0.15, 0.2) is 0 Å². The normalized spacial score (nSPS) is 16.2. The van der Waals surface area contributed by atoms with E-state index in [9.17, 15) is 13.6 Å². The van der Waals surface area contributed by atoms with Crippen LogP contribution in [0.3, 0.4) is 0 Å². The Bertz CT molecular complexity index is 737. The van der Waals surface area contributed by atoms with Gasteiger partial charge in [0.05, 0.1) is 5.92 Å². The van der Waals surface area contributed by atoms with Gasteiger partial charge in [-0.25, -0.2) is 0 Å². The van der Waals surface area contributed by atoms with Gasteiger partial charge in [0, 0.05) is 10.7 Å². The standard InChI is InChI=1S/C17H14ClF2NO3/c18-12-1-6-15-10(8-12)7-11(9-23-15)16(22)21-13-2-4-14(5-3-13)24-17(19)20/h1-6,8,11,17H,7,9H2,(H,21,22)/t11-/m0/s1. The van der Waals surface area contributed by atoms with E-state index in [2.05, 4.69) is 10.1 Å². The number of anilines is 1. The first kappa shape index (κ1) is 16.5. The zero-order valence-electron chi connectivity index (χ0n) is 12.5. The average Bonchev–Trinajstić information content (AvgIpc) is 2.55. The minimum absolute atomic E-state index is 0.0348. The Morgan fingerprint density at radius 1 is 1.25 bits per heavy atom. The van der Waals surface area contributed by atoms with E-state index < -0.39 is 6.61 Å². The third-order valence-electron chi connectivity index (χ3n) is 3.65. The number of alkyl halides is 2. The number of carbonyl (C=O) groups is 1. The summed E-state index contributed by atoms with van der Waals surface area (Å²) in [7, 11) is 0. The lowest BCUT2D eigenvalue weighted by atomic mass is 9.96. The van der Waals surface area contributed by atoms with Gasteiger partial charge < -0.3 is 14.8 Å². The van der Waals surface area contributed by atoms with Crippen LogP contribution in [0, 0.1) is 5.92 Å². The van der Waals surface area contributed by atoms with Crippen LogP contribution in [0.25, 0.3) is 0 Å². The molecule has 0 saturated carbocycles. The number of ether oxygens (including phenoxy) is 2. The molecule has 1 heterocycles. The molecule has 0 aromatic heterocycles. The van der Waals surface area contributed by atoms with Gasteiger partial charge in [0.2, 0.25) is 5.91 Å². The van der Waals surface area contributed by atoms with Crippen molar-refractivity contribution in [2.45, 2.75) is 13.0 Å². The Hall–Kier alpha value is -2.34. The molecule has 4 nitrogen and oxygen atoms in total. The molecule has 24 heavy (non-hydrogen) atoms. The Morgan fingerprint density at radius 2 is 2.00 bits per heavy atom. The first-order valence-electron chi connectivity index (χ1n) is 7.28. The largest absolute Gasteiger partial charge is 0.492 e. The van der Waals surface area contributed by atoms with Crippen molar-refractivity contribution >= 4 is 23.2 Å². The highest BCUT2D eigenvalue weighted by Gasteiger charge is 2.26. The second kappa shape index (κ2) is 7.05. The number of nitrogens with one attached hydrogen (secondary N) is 1. The van der Waals surface area contributed by atoms with Crippen molar-refractivity contribution in [1.82, 2.24) is 0 Å². The summed E-state index contributed by atoms with van der Waals surface area (Å²) in [6, 6.07) is 11.1. The molecule has 1 atom stereocenters. The van der Waals surface area contributed by atoms with Gasteiger partial charge in [0.25, 0.3) is 0 Å².